The molecule has 0 radical (unpaired) electrons. The van der Waals surface area contributed by atoms with E-state index in [9.17, 15) is 0 Å². The van der Waals surface area contributed by atoms with Crippen molar-refractivity contribution in [2.75, 3.05) is 0 Å². The van der Waals surface area contributed by atoms with E-state index in [1.54, 1.807) is 0 Å². The number of benzene rings is 2. The van der Waals surface area contributed by atoms with Gasteiger partial charge in [0.2, 0.25) is 0 Å². The van der Waals surface area contributed by atoms with Crippen molar-refractivity contribution in [1.82, 2.24) is 0 Å². The normalized spacial score (nSPS) is 31.0. The molecule has 5 rings (SSSR count). The largest absolute Gasteiger partial charge is 0.0955 e. The molecule has 3 aliphatic rings. The summed E-state index contributed by atoms with van der Waals surface area (Å²) < 4.78 is 0. The van der Waals surface area contributed by atoms with E-state index >= 15 is 0 Å². The van der Waals surface area contributed by atoms with Crippen molar-refractivity contribution in [3.63, 3.8) is 0 Å². The quantitative estimate of drug-likeness (QED) is 0.371. The number of hydrogen-bond donors (Lipinski definition) is 0. The Morgan fingerprint density at radius 3 is 2.27 bits per heavy atom. The van der Waals surface area contributed by atoms with Gasteiger partial charge >= 0.3 is 0 Å². The van der Waals surface area contributed by atoms with Crippen LogP contribution in [-0.4, -0.2) is 0 Å². The van der Waals surface area contributed by atoms with Crippen molar-refractivity contribution < 1.29 is 0 Å². The Bertz CT molecular complexity index is 1580. The topological polar surface area (TPSA) is 0 Å². The highest BCUT2D eigenvalue weighted by Crippen LogP contribution is 2.74. The van der Waals surface area contributed by atoms with Crippen LogP contribution in [0, 0.1) is 29.1 Å². The minimum Gasteiger partial charge on any atom is -0.0955 e. The molecule has 0 fully saturated rings. The van der Waals surface area contributed by atoms with E-state index in [0.717, 1.165) is 12.0 Å². The van der Waals surface area contributed by atoms with Gasteiger partial charge in [-0.2, -0.15) is 0 Å². The first-order chi connectivity index (χ1) is 18.6. The lowest BCUT2D eigenvalue weighted by molar-refractivity contribution is 0.00638. The smallest absolute Gasteiger partial charge is 0.0218 e. The zero-order valence-electron chi connectivity index (χ0n) is 26.6. The average Bonchev–Trinajstić information content (AvgIpc) is 2.88. The third-order valence-electron chi connectivity index (χ3n) is 11.6. The third kappa shape index (κ3) is 3.50. The second kappa shape index (κ2) is 9.20. The van der Waals surface area contributed by atoms with E-state index in [0.29, 0.717) is 11.8 Å². The maximum absolute atomic E-state index is 4.85. The fourth-order valence-corrected chi connectivity index (χ4v) is 9.03. The molecule has 0 spiro atoms. The fraction of sp³-hybridized carbons (Fsp3) is 0.400. The summed E-state index contributed by atoms with van der Waals surface area (Å²) in [5.74, 6) is 0.832. The van der Waals surface area contributed by atoms with Crippen molar-refractivity contribution in [2.24, 2.45) is 22.2 Å². The van der Waals surface area contributed by atoms with Crippen LogP contribution in [0.25, 0.3) is 17.2 Å². The minimum absolute atomic E-state index is 0.0179. The van der Waals surface area contributed by atoms with Gasteiger partial charge in [-0.3, -0.25) is 0 Å². The summed E-state index contributed by atoms with van der Waals surface area (Å²) in [6.45, 7) is 37.7. The summed E-state index contributed by atoms with van der Waals surface area (Å²) in [7, 11) is 0. The Labute approximate surface area is 244 Å². The van der Waals surface area contributed by atoms with Gasteiger partial charge in [-0.25, -0.2) is 0 Å². The lowest BCUT2D eigenvalue weighted by Gasteiger charge is -2.66. The SMILES string of the molecule is C=C(C)C1=C(C)C[C@@]2(C)[C@H](C)[C@]3(C)C(=C(C)[C@@]2(C)C1=C)C(=C)c1c(C)cccc1/C3=C\c1cccc(C(C)C)c1. The number of fused-ring (bicyclic) bond motifs is 3. The Hall–Kier alpha value is -3.12. The minimum atomic E-state index is -0.203. The molecule has 0 nitrogen and oxygen atoms in total. The zero-order chi connectivity index (χ0) is 29.5. The molecule has 0 unspecified atom stereocenters. The molecule has 2 aromatic carbocycles. The van der Waals surface area contributed by atoms with Crippen LogP contribution >= 0.6 is 0 Å². The number of rotatable bonds is 3. The summed E-state index contributed by atoms with van der Waals surface area (Å²) in [5.41, 5.74) is 16.7. The van der Waals surface area contributed by atoms with Crippen molar-refractivity contribution in [2.45, 2.75) is 81.6 Å². The zero-order valence-corrected chi connectivity index (χ0v) is 26.6. The molecule has 208 valence electrons. The van der Waals surface area contributed by atoms with Crippen molar-refractivity contribution >= 4 is 17.2 Å². The van der Waals surface area contributed by atoms with Crippen LogP contribution < -0.4 is 0 Å². The molecule has 0 saturated carbocycles. The van der Waals surface area contributed by atoms with Gasteiger partial charge in [0.25, 0.3) is 0 Å². The highest BCUT2D eigenvalue weighted by Gasteiger charge is 2.64. The monoisotopic (exact) mass is 528 g/mol. The average molecular weight is 529 g/mol. The molecular formula is C40H48. The van der Waals surface area contributed by atoms with Gasteiger partial charge < -0.3 is 0 Å². The van der Waals surface area contributed by atoms with Crippen LogP contribution in [0.2, 0.25) is 0 Å². The molecule has 2 aromatic rings. The molecule has 40 heavy (non-hydrogen) atoms. The van der Waals surface area contributed by atoms with E-state index < -0.39 is 0 Å². The lowest BCUT2D eigenvalue weighted by atomic mass is 9.37. The van der Waals surface area contributed by atoms with Crippen LogP contribution in [0.1, 0.15) is 102 Å². The molecule has 4 atom stereocenters. The fourth-order valence-electron chi connectivity index (χ4n) is 9.03. The maximum atomic E-state index is 4.85. The first-order valence-corrected chi connectivity index (χ1v) is 15.0. The standard InChI is InChI=1S/C40H48/c1-23(2)32-18-15-17-31(20-32)21-34-33-19-14-16-25(5)36(33)27(7)37-29(9)40(13)28(8)35(24(3)4)26(6)22-38(40,11)30(10)39(34,37)12/h14-21,23,30H,3,7-8,22H2,1-2,4-6,9-13H3/b34-21+/t30-,38-,39-,40+/m0/s1. The summed E-state index contributed by atoms with van der Waals surface area (Å²) in [6.07, 6.45) is 3.53. The molecule has 0 N–H and O–H groups in total. The summed E-state index contributed by atoms with van der Waals surface area (Å²) in [4.78, 5) is 0. The second-order valence-corrected chi connectivity index (χ2v) is 13.9. The van der Waals surface area contributed by atoms with Crippen LogP contribution in [-0.2, 0) is 0 Å². The number of hydrogen-bond acceptors (Lipinski definition) is 0. The van der Waals surface area contributed by atoms with E-state index in [-0.39, 0.29) is 16.2 Å². The van der Waals surface area contributed by atoms with Crippen LogP contribution in [0.15, 0.2) is 95.6 Å². The van der Waals surface area contributed by atoms with Gasteiger partial charge in [0.05, 0.1) is 0 Å². The van der Waals surface area contributed by atoms with E-state index in [1.807, 2.05) is 0 Å². The Kier molecular flexibility index (Phi) is 6.53. The lowest BCUT2D eigenvalue weighted by Crippen LogP contribution is -2.57. The molecule has 3 aliphatic carbocycles. The third-order valence-corrected chi connectivity index (χ3v) is 11.6. The predicted molar refractivity (Wildman–Crippen MR) is 176 cm³/mol. The summed E-state index contributed by atoms with van der Waals surface area (Å²) >= 11 is 0. The molecule has 0 aromatic heterocycles. The van der Waals surface area contributed by atoms with Crippen molar-refractivity contribution in [3.8, 4) is 0 Å². The Balaban J connectivity index is 1.90. The van der Waals surface area contributed by atoms with Gasteiger partial charge in [0.1, 0.15) is 0 Å². The van der Waals surface area contributed by atoms with E-state index in [2.05, 4.69) is 124 Å². The van der Waals surface area contributed by atoms with Crippen LogP contribution in [0.5, 0.6) is 0 Å². The van der Waals surface area contributed by atoms with E-state index in [1.165, 1.54) is 66.8 Å². The van der Waals surface area contributed by atoms with Gasteiger partial charge in [0, 0.05) is 10.8 Å². The molecule has 0 heteroatoms. The summed E-state index contributed by atoms with van der Waals surface area (Å²) in [5, 5.41) is 0. The van der Waals surface area contributed by atoms with Crippen LogP contribution in [0.4, 0.5) is 0 Å². The van der Waals surface area contributed by atoms with Gasteiger partial charge in [-0.1, -0.05) is 127 Å². The van der Waals surface area contributed by atoms with Gasteiger partial charge in [-0.05, 0) is 107 Å². The van der Waals surface area contributed by atoms with Crippen molar-refractivity contribution in [3.05, 3.63) is 123 Å². The van der Waals surface area contributed by atoms with Crippen molar-refractivity contribution in [1.29, 1.82) is 0 Å². The summed E-state index contributed by atoms with van der Waals surface area (Å²) in [6, 6.07) is 15.9. The molecule has 0 aliphatic heterocycles. The molecule has 0 heterocycles. The predicted octanol–water partition coefficient (Wildman–Crippen LogP) is 11.5. The molecule has 0 amide bonds. The number of allylic oxidation sites excluding steroid dienone is 8. The van der Waals surface area contributed by atoms with Gasteiger partial charge in [0.15, 0.2) is 0 Å². The molecule has 0 saturated heterocycles. The van der Waals surface area contributed by atoms with E-state index in [4.69, 9.17) is 13.2 Å². The Morgan fingerprint density at radius 2 is 1.65 bits per heavy atom. The molecular weight excluding hydrogens is 480 g/mol. The molecule has 0 bridgehead atoms. The highest BCUT2D eigenvalue weighted by molar-refractivity contribution is 6.02. The van der Waals surface area contributed by atoms with Crippen LogP contribution in [0.3, 0.4) is 0 Å². The number of aryl methyl sites for hydroxylation is 1. The second-order valence-electron chi connectivity index (χ2n) is 13.9. The highest BCUT2D eigenvalue weighted by atomic mass is 14.7. The maximum Gasteiger partial charge on any atom is 0.0218 e. The first-order valence-electron chi connectivity index (χ1n) is 15.0. The van der Waals surface area contributed by atoms with Gasteiger partial charge in [-0.15, -0.1) is 0 Å². The Morgan fingerprint density at radius 1 is 1.00 bits per heavy atom. The first kappa shape index (κ1) is 28.4.